The molecule has 0 aromatic heterocycles. The maximum atomic E-state index is 10.8. The molecule has 3 N–H and O–H groups in total. The van der Waals surface area contributed by atoms with Crippen molar-refractivity contribution < 1.29 is 9.66 Å². The molecule has 0 saturated carbocycles. The van der Waals surface area contributed by atoms with Crippen molar-refractivity contribution in [3.63, 3.8) is 0 Å². The predicted octanol–water partition coefficient (Wildman–Crippen LogP) is 3.11. The van der Waals surface area contributed by atoms with E-state index in [4.69, 9.17) is 22.2 Å². The summed E-state index contributed by atoms with van der Waals surface area (Å²) in [5, 5.41) is 11.3. The van der Waals surface area contributed by atoms with E-state index in [0.717, 1.165) is 5.56 Å². The molecular formula is C13H12ClN3O3. The molecule has 2 rings (SSSR count). The van der Waals surface area contributed by atoms with E-state index in [2.05, 4.69) is 5.43 Å². The molecule has 0 radical (unpaired) electrons. The first-order valence-corrected chi connectivity index (χ1v) is 6.11. The number of nitrogens with two attached hydrogens (primary N) is 1. The summed E-state index contributed by atoms with van der Waals surface area (Å²) in [5.74, 6) is 5.82. The Balaban J connectivity index is 2.15. The molecule has 2 aromatic rings. The van der Waals surface area contributed by atoms with Gasteiger partial charge < -0.3 is 10.2 Å². The third-order valence-corrected chi connectivity index (χ3v) is 2.96. The van der Waals surface area contributed by atoms with E-state index in [1.165, 1.54) is 6.07 Å². The summed E-state index contributed by atoms with van der Waals surface area (Å²) in [6.07, 6.45) is 0. The molecule has 20 heavy (non-hydrogen) atoms. The summed E-state index contributed by atoms with van der Waals surface area (Å²) >= 11 is 5.97. The van der Waals surface area contributed by atoms with Crippen LogP contribution in [-0.4, -0.2) is 4.92 Å². The number of nitrogens with one attached hydrogen (secondary N) is 1. The lowest BCUT2D eigenvalue weighted by Crippen LogP contribution is -2.10. The molecule has 0 fully saturated rings. The summed E-state index contributed by atoms with van der Waals surface area (Å²) in [6.45, 7) is 0.233. The van der Waals surface area contributed by atoms with Crippen LogP contribution in [-0.2, 0) is 6.61 Å². The van der Waals surface area contributed by atoms with Crippen LogP contribution < -0.4 is 16.0 Å². The Kier molecular flexibility index (Phi) is 4.39. The quantitative estimate of drug-likeness (QED) is 0.502. The highest BCUT2D eigenvalue weighted by atomic mass is 35.5. The summed E-state index contributed by atoms with van der Waals surface area (Å²) in [6, 6.07) is 11.6. The van der Waals surface area contributed by atoms with Crippen molar-refractivity contribution in [1.82, 2.24) is 0 Å². The predicted molar refractivity (Wildman–Crippen MR) is 76.7 cm³/mol. The Morgan fingerprint density at radius 2 is 2.05 bits per heavy atom. The van der Waals surface area contributed by atoms with E-state index >= 15 is 0 Å². The van der Waals surface area contributed by atoms with Gasteiger partial charge in [-0.05, 0) is 29.8 Å². The molecular weight excluding hydrogens is 282 g/mol. The highest BCUT2D eigenvalue weighted by Gasteiger charge is 2.13. The molecule has 7 heteroatoms. The van der Waals surface area contributed by atoms with Gasteiger partial charge in [-0.25, -0.2) is 0 Å². The third-order valence-electron chi connectivity index (χ3n) is 2.64. The Bertz CT molecular complexity index is 634. The average molecular weight is 294 g/mol. The lowest BCUT2D eigenvalue weighted by molar-refractivity contribution is -0.384. The fourth-order valence-electron chi connectivity index (χ4n) is 1.67. The molecule has 104 valence electrons. The maximum Gasteiger partial charge on any atom is 0.293 e. The van der Waals surface area contributed by atoms with E-state index in [0.29, 0.717) is 10.8 Å². The number of benzene rings is 2. The normalized spacial score (nSPS) is 10.1. The minimum Gasteiger partial charge on any atom is -0.487 e. The fourth-order valence-corrected chi connectivity index (χ4v) is 1.86. The summed E-state index contributed by atoms with van der Waals surface area (Å²) in [5.41, 5.74) is 3.19. The van der Waals surface area contributed by atoms with Crippen molar-refractivity contribution in [2.75, 3.05) is 5.43 Å². The monoisotopic (exact) mass is 293 g/mol. The number of nitrogen functional groups attached to an aromatic ring is 1. The summed E-state index contributed by atoms with van der Waals surface area (Å²) < 4.78 is 5.55. The second kappa shape index (κ2) is 6.23. The first kappa shape index (κ1) is 14.1. The molecule has 0 unspecified atom stereocenters. The van der Waals surface area contributed by atoms with E-state index < -0.39 is 4.92 Å². The number of nitrogens with zero attached hydrogens (tertiary/aromatic N) is 1. The molecule has 0 amide bonds. The number of nitro benzene ring substituents is 1. The summed E-state index contributed by atoms with van der Waals surface area (Å²) in [4.78, 5) is 10.3. The zero-order valence-corrected chi connectivity index (χ0v) is 11.1. The van der Waals surface area contributed by atoms with Crippen LogP contribution in [0.4, 0.5) is 11.4 Å². The van der Waals surface area contributed by atoms with Gasteiger partial charge in [0, 0.05) is 6.07 Å². The van der Waals surface area contributed by atoms with Crippen LogP contribution in [0.3, 0.4) is 0 Å². The lowest BCUT2D eigenvalue weighted by Gasteiger charge is -2.09. The van der Waals surface area contributed by atoms with Crippen molar-refractivity contribution in [2.45, 2.75) is 6.61 Å². The van der Waals surface area contributed by atoms with Gasteiger partial charge in [0.25, 0.3) is 5.69 Å². The second-order valence-corrected chi connectivity index (χ2v) is 4.38. The first-order chi connectivity index (χ1) is 9.61. The van der Waals surface area contributed by atoms with Crippen molar-refractivity contribution >= 4 is 23.0 Å². The van der Waals surface area contributed by atoms with E-state index in [-0.39, 0.29) is 18.0 Å². The third kappa shape index (κ3) is 3.17. The SMILES string of the molecule is NNc1cc(COc2ccccc2Cl)ccc1[N+](=O)[O-]. The van der Waals surface area contributed by atoms with Gasteiger partial charge in [-0.3, -0.25) is 16.0 Å². The maximum absolute atomic E-state index is 10.8. The molecule has 0 aliphatic carbocycles. The fraction of sp³-hybridized carbons (Fsp3) is 0.0769. The molecule has 0 saturated heterocycles. The minimum atomic E-state index is -0.506. The molecule has 0 spiro atoms. The van der Waals surface area contributed by atoms with Crippen molar-refractivity contribution in [2.24, 2.45) is 5.84 Å². The highest BCUT2D eigenvalue weighted by Crippen LogP contribution is 2.27. The largest absolute Gasteiger partial charge is 0.487 e. The number of hydrogen-bond donors (Lipinski definition) is 2. The van der Waals surface area contributed by atoms with Crippen molar-refractivity contribution in [3.8, 4) is 5.75 Å². The zero-order valence-electron chi connectivity index (χ0n) is 10.4. The number of rotatable bonds is 5. The van der Waals surface area contributed by atoms with Crippen LogP contribution in [0, 0.1) is 10.1 Å². The van der Waals surface area contributed by atoms with Crippen LogP contribution in [0.15, 0.2) is 42.5 Å². The number of para-hydroxylation sites is 1. The molecule has 0 bridgehead atoms. The van der Waals surface area contributed by atoms with Crippen LogP contribution in [0.2, 0.25) is 5.02 Å². The van der Waals surface area contributed by atoms with Gasteiger partial charge >= 0.3 is 0 Å². The van der Waals surface area contributed by atoms with Gasteiger partial charge in [-0.2, -0.15) is 0 Å². The summed E-state index contributed by atoms with van der Waals surface area (Å²) in [7, 11) is 0. The molecule has 2 aromatic carbocycles. The molecule has 0 aliphatic rings. The Morgan fingerprint density at radius 1 is 1.30 bits per heavy atom. The first-order valence-electron chi connectivity index (χ1n) is 5.73. The lowest BCUT2D eigenvalue weighted by atomic mass is 10.2. The number of ether oxygens (including phenoxy) is 1. The Hall–Kier alpha value is -2.31. The number of hydrazine groups is 1. The smallest absolute Gasteiger partial charge is 0.293 e. The standard InChI is InChI=1S/C13H12ClN3O3/c14-10-3-1-2-4-13(10)20-8-9-5-6-12(17(18)19)11(7-9)16-15/h1-7,16H,8,15H2. The van der Waals surface area contributed by atoms with E-state index in [1.807, 2.05) is 6.07 Å². The number of nitro groups is 1. The Labute approximate surface area is 120 Å². The van der Waals surface area contributed by atoms with E-state index in [9.17, 15) is 10.1 Å². The minimum absolute atomic E-state index is 0.0889. The van der Waals surface area contributed by atoms with Gasteiger partial charge in [0.2, 0.25) is 0 Å². The van der Waals surface area contributed by atoms with Gasteiger partial charge in [0.05, 0.1) is 9.95 Å². The Morgan fingerprint density at radius 3 is 2.70 bits per heavy atom. The average Bonchev–Trinajstić information content (AvgIpc) is 2.46. The van der Waals surface area contributed by atoms with Crippen molar-refractivity contribution in [3.05, 3.63) is 63.2 Å². The number of hydrogen-bond acceptors (Lipinski definition) is 5. The molecule has 0 heterocycles. The van der Waals surface area contributed by atoms with Gasteiger partial charge in [0.1, 0.15) is 18.0 Å². The van der Waals surface area contributed by atoms with Gasteiger partial charge in [-0.1, -0.05) is 23.7 Å². The highest BCUT2D eigenvalue weighted by molar-refractivity contribution is 6.32. The van der Waals surface area contributed by atoms with Gasteiger partial charge in [0.15, 0.2) is 0 Å². The molecule has 0 atom stereocenters. The van der Waals surface area contributed by atoms with Gasteiger partial charge in [-0.15, -0.1) is 0 Å². The van der Waals surface area contributed by atoms with Crippen LogP contribution >= 0.6 is 11.6 Å². The van der Waals surface area contributed by atoms with Crippen LogP contribution in [0.1, 0.15) is 5.56 Å². The second-order valence-electron chi connectivity index (χ2n) is 3.97. The number of halogens is 1. The molecule has 0 aliphatic heterocycles. The van der Waals surface area contributed by atoms with Crippen LogP contribution in [0.5, 0.6) is 5.75 Å². The van der Waals surface area contributed by atoms with E-state index in [1.54, 1.807) is 30.3 Å². The van der Waals surface area contributed by atoms with Crippen molar-refractivity contribution in [1.29, 1.82) is 0 Å². The number of anilines is 1. The zero-order chi connectivity index (χ0) is 14.5. The topological polar surface area (TPSA) is 90.4 Å². The van der Waals surface area contributed by atoms with Crippen LogP contribution in [0.25, 0.3) is 0 Å². The molecule has 6 nitrogen and oxygen atoms in total.